The van der Waals surface area contributed by atoms with Crippen LogP contribution < -0.4 is 11.1 Å². The van der Waals surface area contributed by atoms with Gasteiger partial charge in [-0.3, -0.25) is 9.59 Å². The Morgan fingerprint density at radius 1 is 0.660 bits per heavy atom. The number of hydrogen-bond acceptors (Lipinski definition) is 5. The highest BCUT2D eigenvalue weighted by molar-refractivity contribution is 6.67. The zero-order valence-corrected chi connectivity index (χ0v) is 27.3. The minimum Gasteiger partial charge on any atom is -0.469 e. The van der Waals surface area contributed by atoms with E-state index >= 15 is 0 Å². The van der Waals surface area contributed by atoms with Gasteiger partial charge in [0.1, 0.15) is 23.2 Å². The number of nitrogens with two attached hydrogens (primary N) is 1. The number of nitrogens with one attached hydrogen (secondary N) is 1. The number of para-hydroxylation sites is 2. The highest BCUT2D eigenvalue weighted by Gasteiger charge is 2.16. The van der Waals surface area contributed by atoms with Crippen LogP contribution in [0.2, 0.25) is 10.0 Å². The van der Waals surface area contributed by atoms with Gasteiger partial charge in [0.05, 0.1) is 23.7 Å². The van der Waals surface area contributed by atoms with Crippen molar-refractivity contribution in [3.8, 4) is 22.3 Å². The summed E-state index contributed by atoms with van der Waals surface area (Å²) in [6.07, 6.45) is 2.89. The number of halogens is 5. The average molecular weight is 696 g/mol. The SMILES string of the molecule is Cc1occc1C(=O)Cl.Cc1occc1C(=O)Nc1ccccc1-c1ccc(Cl)cc1F.Nc1ccccc1-c1ccc(Cl)cc1F. The van der Waals surface area contributed by atoms with Gasteiger partial charge in [-0.1, -0.05) is 59.6 Å². The molecule has 6 nitrogen and oxygen atoms in total. The summed E-state index contributed by atoms with van der Waals surface area (Å²) in [7, 11) is 0. The van der Waals surface area contributed by atoms with Gasteiger partial charge in [-0.2, -0.15) is 0 Å². The molecular weight excluding hydrogens is 669 g/mol. The monoisotopic (exact) mass is 694 g/mol. The number of aryl methyl sites for hydroxylation is 2. The molecule has 1 amide bonds. The second-order valence-electron chi connectivity index (χ2n) is 9.89. The van der Waals surface area contributed by atoms with Crippen LogP contribution in [-0.2, 0) is 0 Å². The summed E-state index contributed by atoms with van der Waals surface area (Å²) in [6.45, 7) is 3.40. The lowest BCUT2D eigenvalue weighted by atomic mass is 10.0. The van der Waals surface area contributed by atoms with E-state index in [0.717, 1.165) is 0 Å². The molecule has 0 unspecified atom stereocenters. The van der Waals surface area contributed by atoms with E-state index in [9.17, 15) is 18.4 Å². The Bertz CT molecular complexity index is 2020. The third-order valence-electron chi connectivity index (χ3n) is 6.75. The van der Waals surface area contributed by atoms with Crippen LogP contribution in [-0.4, -0.2) is 11.1 Å². The zero-order valence-electron chi connectivity index (χ0n) is 25.0. The Balaban J connectivity index is 0.000000178. The van der Waals surface area contributed by atoms with Crippen LogP contribution in [0, 0.1) is 25.5 Å². The highest BCUT2D eigenvalue weighted by atomic mass is 35.5. The summed E-state index contributed by atoms with van der Waals surface area (Å²) in [6, 6.07) is 26.3. The Morgan fingerprint density at radius 3 is 1.62 bits per heavy atom. The smallest absolute Gasteiger partial charge is 0.259 e. The maximum Gasteiger partial charge on any atom is 0.259 e. The summed E-state index contributed by atoms with van der Waals surface area (Å²) < 4.78 is 37.7. The molecule has 2 aromatic heterocycles. The number of benzene rings is 4. The number of amides is 1. The first-order valence-electron chi connectivity index (χ1n) is 13.9. The second kappa shape index (κ2) is 16.1. The van der Waals surface area contributed by atoms with E-state index in [1.807, 2.05) is 12.1 Å². The van der Waals surface area contributed by atoms with E-state index in [1.165, 1.54) is 24.7 Å². The number of nitrogen functional groups attached to an aromatic ring is 1. The standard InChI is InChI=1S/C18H13ClFNO2.C12H9ClFN.C6H5ClO2/c1-11-13(8-9-23-11)18(22)21-17-5-3-2-4-15(17)14-7-6-12(19)10-16(14)20;13-8-5-6-9(11(14)7-8)10-3-1-2-4-12(10)15;1-4-5(6(7)8)2-3-9-4/h2-10H,1H3,(H,21,22);1-7H,15H2;2-3H,1H3. The number of rotatable bonds is 5. The molecule has 6 aromatic rings. The first kappa shape index (κ1) is 35.0. The van der Waals surface area contributed by atoms with E-state index in [0.29, 0.717) is 66.3 Å². The maximum absolute atomic E-state index is 14.2. The van der Waals surface area contributed by atoms with Crippen LogP contribution in [0.5, 0.6) is 0 Å². The highest BCUT2D eigenvalue weighted by Crippen LogP contribution is 2.32. The van der Waals surface area contributed by atoms with Crippen LogP contribution >= 0.6 is 34.8 Å². The number of carbonyl (C=O) groups excluding carboxylic acids is 2. The van der Waals surface area contributed by atoms with Crippen LogP contribution in [0.1, 0.15) is 32.2 Å². The van der Waals surface area contributed by atoms with Crippen molar-refractivity contribution < 1.29 is 27.2 Å². The van der Waals surface area contributed by atoms with E-state index in [2.05, 4.69) is 5.32 Å². The predicted molar refractivity (Wildman–Crippen MR) is 183 cm³/mol. The Morgan fingerprint density at radius 2 is 1.15 bits per heavy atom. The second-order valence-corrected chi connectivity index (χ2v) is 11.1. The molecule has 0 aliphatic rings. The Kier molecular flexibility index (Phi) is 12.0. The predicted octanol–water partition coefficient (Wildman–Crippen LogP) is 11.0. The van der Waals surface area contributed by atoms with E-state index < -0.39 is 11.1 Å². The molecule has 0 aliphatic carbocycles. The van der Waals surface area contributed by atoms with E-state index in [1.54, 1.807) is 86.6 Å². The summed E-state index contributed by atoms with van der Waals surface area (Å²) in [5.74, 6) is -0.0233. The van der Waals surface area contributed by atoms with Crippen molar-refractivity contribution >= 4 is 57.3 Å². The normalized spacial score (nSPS) is 10.3. The molecule has 0 bridgehead atoms. The lowest BCUT2D eigenvalue weighted by Gasteiger charge is -2.12. The van der Waals surface area contributed by atoms with Crippen LogP contribution in [0.25, 0.3) is 22.3 Å². The molecule has 2 heterocycles. The van der Waals surface area contributed by atoms with Crippen LogP contribution in [0.3, 0.4) is 0 Å². The molecule has 47 heavy (non-hydrogen) atoms. The van der Waals surface area contributed by atoms with E-state index in [4.69, 9.17) is 49.4 Å². The lowest BCUT2D eigenvalue weighted by Crippen LogP contribution is -2.12. The fraction of sp³-hybridized carbons (Fsp3) is 0.0556. The van der Waals surface area contributed by atoms with Crippen molar-refractivity contribution in [1.82, 2.24) is 0 Å². The van der Waals surface area contributed by atoms with Gasteiger partial charge in [0.25, 0.3) is 11.1 Å². The van der Waals surface area contributed by atoms with Gasteiger partial charge in [-0.25, -0.2) is 8.78 Å². The largest absolute Gasteiger partial charge is 0.469 e. The summed E-state index contributed by atoms with van der Waals surface area (Å²) in [4.78, 5) is 22.8. The number of anilines is 2. The number of hydrogen-bond donors (Lipinski definition) is 2. The van der Waals surface area contributed by atoms with Crippen molar-refractivity contribution in [2.24, 2.45) is 0 Å². The first-order valence-corrected chi connectivity index (χ1v) is 15.0. The molecular formula is C36H27Cl3F2N2O4. The molecule has 4 aromatic carbocycles. The molecule has 0 aliphatic heterocycles. The summed E-state index contributed by atoms with van der Waals surface area (Å²) in [5, 5.41) is 3.03. The summed E-state index contributed by atoms with van der Waals surface area (Å²) >= 11 is 16.6. The van der Waals surface area contributed by atoms with Gasteiger partial charge in [0.15, 0.2) is 0 Å². The molecule has 0 radical (unpaired) electrons. The molecule has 6 rings (SSSR count). The molecule has 11 heteroatoms. The van der Waals surface area contributed by atoms with E-state index in [-0.39, 0.29) is 11.7 Å². The number of furan rings is 2. The van der Waals surface area contributed by atoms with Crippen LogP contribution in [0.15, 0.2) is 118 Å². The maximum atomic E-state index is 14.2. The minimum absolute atomic E-state index is 0.307. The fourth-order valence-electron chi connectivity index (χ4n) is 4.38. The Hall–Kier alpha value is -4.89. The Labute approximate surface area is 284 Å². The van der Waals surface area contributed by atoms with Crippen molar-refractivity contribution in [3.63, 3.8) is 0 Å². The summed E-state index contributed by atoms with van der Waals surface area (Å²) in [5.41, 5.74) is 9.82. The molecule has 240 valence electrons. The van der Waals surface area contributed by atoms with Crippen molar-refractivity contribution in [2.45, 2.75) is 13.8 Å². The molecule has 0 atom stereocenters. The molecule has 0 saturated carbocycles. The molecule has 3 N–H and O–H groups in total. The zero-order chi connectivity index (χ0) is 34.1. The molecule has 0 spiro atoms. The van der Waals surface area contributed by atoms with Crippen LogP contribution in [0.4, 0.5) is 20.2 Å². The first-order chi connectivity index (χ1) is 22.5. The minimum atomic E-state index is -0.471. The number of carbonyl (C=O) groups is 2. The topological polar surface area (TPSA) is 98.5 Å². The van der Waals surface area contributed by atoms with Gasteiger partial charge < -0.3 is 19.9 Å². The van der Waals surface area contributed by atoms with Gasteiger partial charge in [0.2, 0.25) is 0 Å². The van der Waals surface area contributed by atoms with Crippen molar-refractivity contribution in [1.29, 1.82) is 0 Å². The average Bonchev–Trinajstić information content (AvgIpc) is 3.67. The van der Waals surface area contributed by atoms with Crippen molar-refractivity contribution in [2.75, 3.05) is 11.1 Å². The third-order valence-corrected chi connectivity index (χ3v) is 7.43. The van der Waals surface area contributed by atoms with Gasteiger partial charge in [-0.15, -0.1) is 0 Å². The van der Waals surface area contributed by atoms with Gasteiger partial charge in [-0.05, 0) is 86.1 Å². The van der Waals surface area contributed by atoms with Crippen molar-refractivity contribution in [3.05, 3.63) is 154 Å². The quantitative estimate of drug-likeness (QED) is 0.138. The molecule has 0 saturated heterocycles. The van der Waals surface area contributed by atoms with Gasteiger partial charge in [0, 0.05) is 43.7 Å². The third kappa shape index (κ3) is 9.10. The van der Waals surface area contributed by atoms with Gasteiger partial charge >= 0.3 is 0 Å². The molecule has 0 fully saturated rings. The lowest BCUT2D eigenvalue weighted by molar-refractivity contribution is 0.102. The fourth-order valence-corrected chi connectivity index (χ4v) is 4.90.